The number of aliphatic imine (C=N–C) groups is 1. The molecular formula is C21H20N4O2. The predicted octanol–water partition coefficient (Wildman–Crippen LogP) is 3.42. The number of fused-ring (bicyclic) bond motifs is 2. The van der Waals surface area contributed by atoms with E-state index in [1.165, 1.54) is 0 Å². The van der Waals surface area contributed by atoms with Crippen molar-refractivity contribution in [3.8, 4) is 5.88 Å². The van der Waals surface area contributed by atoms with Gasteiger partial charge in [0.05, 0.1) is 25.5 Å². The third-order valence-corrected chi connectivity index (χ3v) is 5.00. The summed E-state index contributed by atoms with van der Waals surface area (Å²) in [5, 5.41) is 5.51. The number of anilines is 1. The maximum Gasteiger partial charge on any atom is 0.221 e. The summed E-state index contributed by atoms with van der Waals surface area (Å²) in [5.74, 6) is 2.00. The summed E-state index contributed by atoms with van der Waals surface area (Å²) in [5.41, 5.74) is 3.06. The van der Waals surface area contributed by atoms with Gasteiger partial charge in [0.15, 0.2) is 0 Å². The Hall–Kier alpha value is -2.99. The lowest BCUT2D eigenvalue weighted by Crippen LogP contribution is -2.13. The number of hydrogen-bond acceptors (Lipinski definition) is 6. The molecule has 6 heteroatoms. The number of aromatic nitrogens is 2. The Labute approximate surface area is 157 Å². The molecule has 1 N–H and O–H groups in total. The summed E-state index contributed by atoms with van der Waals surface area (Å²) in [6, 6.07) is 12.2. The minimum Gasteiger partial charge on any atom is -0.477 e. The minimum atomic E-state index is 0.456. The van der Waals surface area contributed by atoms with Gasteiger partial charge in [-0.25, -0.2) is 4.98 Å². The molecule has 0 saturated carbocycles. The van der Waals surface area contributed by atoms with Crippen LogP contribution in [0.1, 0.15) is 17.7 Å². The van der Waals surface area contributed by atoms with E-state index in [1.807, 2.05) is 30.3 Å². The Morgan fingerprint density at radius 3 is 3.07 bits per heavy atom. The van der Waals surface area contributed by atoms with Gasteiger partial charge in [-0.2, -0.15) is 0 Å². The van der Waals surface area contributed by atoms with Gasteiger partial charge in [-0.3, -0.25) is 9.98 Å². The molecule has 1 fully saturated rings. The molecule has 0 spiro atoms. The lowest BCUT2D eigenvalue weighted by atomic mass is 10.1. The lowest BCUT2D eigenvalue weighted by molar-refractivity contribution is 0.166. The molecule has 1 unspecified atom stereocenters. The van der Waals surface area contributed by atoms with E-state index in [2.05, 4.69) is 26.3 Å². The number of nitrogens with zero attached hydrogens (tertiary/aromatic N) is 3. The first kappa shape index (κ1) is 16.2. The largest absolute Gasteiger partial charge is 0.477 e. The second-order valence-corrected chi connectivity index (χ2v) is 6.88. The van der Waals surface area contributed by atoms with Gasteiger partial charge in [0.2, 0.25) is 5.88 Å². The molecule has 0 radical (unpaired) electrons. The quantitative estimate of drug-likeness (QED) is 0.772. The molecule has 5 rings (SSSR count). The van der Waals surface area contributed by atoms with Gasteiger partial charge >= 0.3 is 0 Å². The fraction of sp³-hybridized carbons (Fsp3) is 0.286. The highest BCUT2D eigenvalue weighted by Gasteiger charge is 2.18. The van der Waals surface area contributed by atoms with Crippen LogP contribution in [0, 0.1) is 5.92 Å². The standard InChI is InChI=1S/C21H20N4O2/c1-2-18-19(22-7-1)11-24-20(18)25-16-3-4-17-15(10-16)5-8-23-21(17)27-13-14-6-9-26-12-14/h1-5,7-8,10,14H,6,9,11-13H2,(H,24,25). The van der Waals surface area contributed by atoms with Gasteiger partial charge < -0.3 is 14.8 Å². The van der Waals surface area contributed by atoms with Crippen LogP contribution in [0.4, 0.5) is 5.69 Å². The smallest absolute Gasteiger partial charge is 0.221 e. The normalized spacial score (nSPS) is 18.4. The van der Waals surface area contributed by atoms with Crippen LogP contribution in [0.5, 0.6) is 5.88 Å². The number of hydrogen-bond donors (Lipinski definition) is 1. The Morgan fingerprint density at radius 1 is 1.15 bits per heavy atom. The van der Waals surface area contributed by atoms with Crippen LogP contribution in [0.2, 0.25) is 0 Å². The van der Waals surface area contributed by atoms with E-state index >= 15 is 0 Å². The molecule has 2 aromatic heterocycles. The number of benzene rings is 1. The SMILES string of the molecule is c1cnc2c(c1)C(Nc1ccc3c(OCC4CCOC4)nccc3c1)=NC2. The summed E-state index contributed by atoms with van der Waals surface area (Å²) in [6.45, 7) is 2.87. The van der Waals surface area contributed by atoms with Gasteiger partial charge in [-0.05, 0) is 48.2 Å². The van der Waals surface area contributed by atoms with Gasteiger partial charge in [0.1, 0.15) is 5.84 Å². The molecular weight excluding hydrogens is 340 g/mol. The van der Waals surface area contributed by atoms with Gasteiger partial charge in [-0.15, -0.1) is 0 Å². The Bertz CT molecular complexity index is 1010. The summed E-state index contributed by atoms with van der Waals surface area (Å²) in [7, 11) is 0. The molecule has 1 aromatic carbocycles. The summed E-state index contributed by atoms with van der Waals surface area (Å²) in [4.78, 5) is 13.4. The molecule has 1 saturated heterocycles. The lowest BCUT2D eigenvalue weighted by Gasteiger charge is -2.13. The molecule has 136 valence electrons. The minimum absolute atomic E-state index is 0.456. The average molecular weight is 360 g/mol. The number of amidine groups is 1. The van der Waals surface area contributed by atoms with Crippen molar-refractivity contribution >= 4 is 22.3 Å². The van der Waals surface area contributed by atoms with Crippen LogP contribution in [0.15, 0.2) is 53.8 Å². The Balaban J connectivity index is 1.36. The summed E-state index contributed by atoms with van der Waals surface area (Å²) >= 11 is 0. The molecule has 0 bridgehead atoms. The number of rotatable bonds is 4. The Kier molecular flexibility index (Phi) is 4.18. The average Bonchev–Trinajstić information content (AvgIpc) is 3.36. The molecule has 6 nitrogen and oxygen atoms in total. The van der Waals surface area contributed by atoms with Gasteiger partial charge in [-0.1, -0.05) is 0 Å². The van der Waals surface area contributed by atoms with Crippen molar-refractivity contribution < 1.29 is 9.47 Å². The first-order valence-corrected chi connectivity index (χ1v) is 9.22. The van der Waals surface area contributed by atoms with E-state index in [9.17, 15) is 0 Å². The van der Waals surface area contributed by atoms with E-state index < -0.39 is 0 Å². The molecule has 27 heavy (non-hydrogen) atoms. The second kappa shape index (κ2) is 6.96. The fourth-order valence-corrected chi connectivity index (χ4v) is 3.52. The van der Waals surface area contributed by atoms with Crippen molar-refractivity contribution in [3.63, 3.8) is 0 Å². The van der Waals surface area contributed by atoms with Crippen LogP contribution in [0.25, 0.3) is 10.8 Å². The zero-order valence-electron chi connectivity index (χ0n) is 14.9. The van der Waals surface area contributed by atoms with Crippen LogP contribution >= 0.6 is 0 Å². The molecule has 2 aliphatic rings. The van der Waals surface area contributed by atoms with Crippen molar-refractivity contribution in [2.45, 2.75) is 13.0 Å². The van der Waals surface area contributed by atoms with Gasteiger partial charge in [0, 0.05) is 41.6 Å². The number of ether oxygens (including phenoxy) is 2. The van der Waals surface area contributed by atoms with E-state index in [0.717, 1.165) is 53.2 Å². The molecule has 3 aromatic rings. The van der Waals surface area contributed by atoms with Crippen molar-refractivity contribution in [3.05, 3.63) is 60.0 Å². The Morgan fingerprint density at radius 2 is 2.15 bits per heavy atom. The maximum atomic E-state index is 5.98. The predicted molar refractivity (Wildman–Crippen MR) is 104 cm³/mol. The molecule has 1 atom stereocenters. The highest BCUT2D eigenvalue weighted by Crippen LogP contribution is 2.28. The third-order valence-electron chi connectivity index (χ3n) is 5.00. The first-order chi connectivity index (χ1) is 13.4. The van der Waals surface area contributed by atoms with Crippen molar-refractivity contribution in [1.29, 1.82) is 0 Å². The van der Waals surface area contributed by atoms with E-state index in [-0.39, 0.29) is 0 Å². The van der Waals surface area contributed by atoms with Crippen LogP contribution in [-0.2, 0) is 11.3 Å². The van der Waals surface area contributed by atoms with Crippen LogP contribution < -0.4 is 10.1 Å². The van der Waals surface area contributed by atoms with Gasteiger partial charge in [0.25, 0.3) is 0 Å². The molecule has 4 heterocycles. The van der Waals surface area contributed by atoms with E-state index in [0.29, 0.717) is 24.9 Å². The molecule has 0 aliphatic carbocycles. The van der Waals surface area contributed by atoms with Crippen molar-refractivity contribution in [2.24, 2.45) is 10.9 Å². The van der Waals surface area contributed by atoms with Crippen LogP contribution in [0.3, 0.4) is 0 Å². The van der Waals surface area contributed by atoms with Crippen molar-refractivity contribution in [1.82, 2.24) is 9.97 Å². The summed E-state index contributed by atoms with van der Waals surface area (Å²) in [6.07, 6.45) is 4.65. The topological polar surface area (TPSA) is 68.6 Å². The number of nitrogens with one attached hydrogen (secondary N) is 1. The van der Waals surface area contributed by atoms with Crippen molar-refractivity contribution in [2.75, 3.05) is 25.1 Å². The highest BCUT2D eigenvalue weighted by atomic mass is 16.5. The third kappa shape index (κ3) is 3.24. The second-order valence-electron chi connectivity index (χ2n) is 6.88. The van der Waals surface area contributed by atoms with E-state index in [1.54, 1.807) is 12.4 Å². The van der Waals surface area contributed by atoms with E-state index in [4.69, 9.17) is 9.47 Å². The fourth-order valence-electron chi connectivity index (χ4n) is 3.52. The molecule has 0 amide bonds. The highest BCUT2D eigenvalue weighted by molar-refractivity contribution is 6.11. The summed E-state index contributed by atoms with van der Waals surface area (Å²) < 4.78 is 11.4. The maximum absolute atomic E-state index is 5.98. The van der Waals surface area contributed by atoms with Crippen LogP contribution in [-0.4, -0.2) is 35.6 Å². The first-order valence-electron chi connectivity index (χ1n) is 9.22. The monoisotopic (exact) mass is 360 g/mol. The molecule has 2 aliphatic heterocycles. The number of pyridine rings is 2. The zero-order valence-corrected chi connectivity index (χ0v) is 14.9. The zero-order chi connectivity index (χ0) is 18.1.